The average Bonchev–Trinajstić information content (AvgIpc) is 2.94. The van der Waals surface area contributed by atoms with Gasteiger partial charge in [0.05, 0.1) is 24.8 Å². The number of hydroxylamine groups is 1. The zero-order valence-corrected chi connectivity index (χ0v) is 25.2. The summed E-state index contributed by atoms with van der Waals surface area (Å²) in [6.07, 6.45) is 9.50. The lowest BCUT2D eigenvalue weighted by atomic mass is 9.55. The fraction of sp³-hybridized carbons (Fsp3) is 0.515. The van der Waals surface area contributed by atoms with Gasteiger partial charge in [-0.2, -0.15) is 5.48 Å². The lowest BCUT2D eigenvalue weighted by molar-refractivity contribution is -0.154. The quantitative estimate of drug-likeness (QED) is 0.189. The topological polar surface area (TPSA) is 103 Å². The molecule has 2 unspecified atom stereocenters. The van der Waals surface area contributed by atoms with E-state index in [2.05, 4.69) is 51.0 Å². The summed E-state index contributed by atoms with van der Waals surface area (Å²) in [7, 11) is 1.34. The molecule has 41 heavy (non-hydrogen) atoms. The molecule has 1 N–H and O–H groups in total. The second kappa shape index (κ2) is 13.8. The van der Waals surface area contributed by atoms with Crippen LogP contribution >= 0.6 is 0 Å². The van der Waals surface area contributed by atoms with Gasteiger partial charge in [-0.1, -0.05) is 82.1 Å². The van der Waals surface area contributed by atoms with Crippen LogP contribution < -0.4 is 5.48 Å². The molecular formula is C33H44N2O6. The van der Waals surface area contributed by atoms with Crippen molar-refractivity contribution >= 4 is 23.6 Å². The number of oxime groups is 1. The highest BCUT2D eigenvalue weighted by Crippen LogP contribution is 2.54. The van der Waals surface area contributed by atoms with E-state index >= 15 is 0 Å². The van der Waals surface area contributed by atoms with E-state index in [1.54, 1.807) is 18.2 Å². The van der Waals surface area contributed by atoms with Gasteiger partial charge in [-0.25, -0.2) is 9.59 Å². The van der Waals surface area contributed by atoms with E-state index in [1.165, 1.54) is 12.7 Å². The minimum absolute atomic E-state index is 0.0242. The summed E-state index contributed by atoms with van der Waals surface area (Å²) in [4.78, 5) is 48.9. The number of methoxy groups -OCH3 is 1. The van der Waals surface area contributed by atoms with Crippen molar-refractivity contribution < 1.29 is 28.8 Å². The maximum Gasteiger partial charge on any atom is 0.363 e. The molecule has 0 heterocycles. The van der Waals surface area contributed by atoms with E-state index in [1.807, 2.05) is 25.1 Å². The van der Waals surface area contributed by atoms with Crippen LogP contribution in [-0.2, 0) is 30.4 Å². The van der Waals surface area contributed by atoms with Crippen LogP contribution in [-0.4, -0.2) is 36.8 Å². The van der Waals surface area contributed by atoms with Crippen LogP contribution in [0.3, 0.4) is 0 Å². The summed E-state index contributed by atoms with van der Waals surface area (Å²) in [5.74, 6) is -1.61. The van der Waals surface area contributed by atoms with Crippen LogP contribution in [0.2, 0.25) is 0 Å². The zero-order chi connectivity index (χ0) is 30.2. The highest BCUT2D eigenvalue weighted by atomic mass is 16.7. The van der Waals surface area contributed by atoms with Crippen LogP contribution in [0, 0.1) is 16.7 Å². The molecule has 3 rings (SSSR count). The first-order valence-corrected chi connectivity index (χ1v) is 14.4. The predicted molar refractivity (Wildman–Crippen MR) is 159 cm³/mol. The average molecular weight is 565 g/mol. The zero-order valence-electron chi connectivity index (χ0n) is 25.2. The molecule has 0 radical (unpaired) electrons. The van der Waals surface area contributed by atoms with Gasteiger partial charge in [-0.3, -0.25) is 4.79 Å². The van der Waals surface area contributed by atoms with Crippen molar-refractivity contribution in [1.29, 1.82) is 0 Å². The number of amides is 1. The minimum Gasteiger partial charge on any atom is -0.466 e. The number of esters is 1. The Labute approximate surface area is 243 Å². The Bertz CT molecular complexity index is 1240. The molecule has 1 saturated carbocycles. The molecule has 0 aromatic heterocycles. The molecule has 8 heteroatoms. The molecule has 0 bridgehead atoms. The standard InChI is InChI=1S/C33H44N2O6/c1-8-10-16-27(31(38)39-7)40-34-26-20-22(19-25-29(26)33(5,6)18-17-32(25,3)4)21-28(36)35-41-30(37)24-15-12-11-14-23(24)13-9-2/h9,11-12,14-15,19-20,27,29H,2,8,10,13,16-18,21H2,1,3-7H3,(H,35,36). The Kier molecular flexibility index (Phi) is 10.7. The van der Waals surface area contributed by atoms with Gasteiger partial charge in [0.15, 0.2) is 0 Å². The van der Waals surface area contributed by atoms with Gasteiger partial charge < -0.3 is 14.4 Å². The third-order valence-corrected chi connectivity index (χ3v) is 8.03. The SMILES string of the molecule is C=CCc1ccccc1C(=O)ONC(=O)CC1=CC(=NOC(CCCC)C(=O)OC)C2C(=C1)C(C)(C)CCC2(C)C. The highest BCUT2D eigenvalue weighted by molar-refractivity contribution is 6.02. The van der Waals surface area contributed by atoms with Gasteiger partial charge in [-0.15, -0.1) is 6.58 Å². The van der Waals surface area contributed by atoms with Crippen LogP contribution in [0.5, 0.6) is 0 Å². The van der Waals surface area contributed by atoms with E-state index in [0.29, 0.717) is 29.7 Å². The molecule has 2 aliphatic rings. The third kappa shape index (κ3) is 7.96. The monoisotopic (exact) mass is 564 g/mol. The smallest absolute Gasteiger partial charge is 0.363 e. The van der Waals surface area contributed by atoms with Crippen molar-refractivity contribution in [3.05, 3.63) is 71.3 Å². The van der Waals surface area contributed by atoms with Gasteiger partial charge in [0.2, 0.25) is 6.10 Å². The number of nitrogens with zero attached hydrogens (tertiary/aromatic N) is 1. The Hall–Kier alpha value is -3.68. The summed E-state index contributed by atoms with van der Waals surface area (Å²) in [6.45, 7) is 14.6. The maximum absolute atomic E-state index is 12.9. The predicted octanol–water partition coefficient (Wildman–Crippen LogP) is 6.43. The number of carbonyl (C=O) groups is 3. The number of fused-ring (bicyclic) bond motifs is 1. The maximum atomic E-state index is 12.9. The molecule has 8 nitrogen and oxygen atoms in total. The third-order valence-electron chi connectivity index (χ3n) is 8.03. The minimum atomic E-state index is -0.801. The Morgan fingerprint density at radius 2 is 1.88 bits per heavy atom. The van der Waals surface area contributed by atoms with Crippen LogP contribution in [0.15, 0.2) is 65.4 Å². The molecule has 0 spiro atoms. The summed E-state index contributed by atoms with van der Waals surface area (Å²) >= 11 is 0. The second-order valence-electron chi connectivity index (χ2n) is 12.1. The van der Waals surface area contributed by atoms with Gasteiger partial charge in [0.25, 0.3) is 5.91 Å². The van der Waals surface area contributed by atoms with Crippen LogP contribution in [0.1, 0.15) is 89.1 Å². The molecule has 2 atom stereocenters. The molecule has 2 aliphatic carbocycles. The van der Waals surface area contributed by atoms with E-state index in [9.17, 15) is 14.4 Å². The number of unbranched alkanes of at least 4 members (excludes halogenated alkanes) is 1. The van der Waals surface area contributed by atoms with Crippen LogP contribution in [0.25, 0.3) is 0 Å². The van der Waals surface area contributed by atoms with Crippen molar-refractivity contribution in [1.82, 2.24) is 5.48 Å². The fourth-order valence-electron chi connectivity index (χ4n) is 5.56. The van der Waals surface area contributed by atoms with Gasteiger partial charge >= 0.3 is 11.9 Å². The number of hydrogen-bond acceptors (Lipinski definition) is 7. The Morgan fingerprint density at radius 1 is 1.15 bits per heavy atom. The highest BCUT2D eigenvalue weighted by Gasteiger charge is 2.47. The largest absolute Gasteiger partial charge is 0.466 e. The summed E-state index contributed by atoms with van der Waals surface area (Å²) in [5.41, 5.74) is 5.76. The van der Waals surface area contributed by atoms with E-state index < -0.39 is 23.9 Å². The first-order chi connectivity index (χ1) is 19.4. The number of allylic oxidation sites excluding steroid dienone is 4. The summed E-state index contributed by atoms with van der Waals surface area (Å²) in [6, 6.07) is 7.04. The molecule has 0 saturated heterocycles. The lowest BCUT2D eigenvalue weighted by Crippen LogP contribution is -2.43. The normalized spacial score (nSPS) is 20.5. The molecule has 222 valence electrons. The van der Waals surface area contributed by atoms with Gasteiger partial charge in [0.1, 0.15) is 0 Å². The number of rotatable bonds is 11. The molecule has 1 amide bonds. The van der Waals surface area contributed by atoms with Gasteiger partial charge in [0, 0.05) is 5.92 Å². The van der Waals surface area contributed by atoms with Crippen molar-refractivity contribution in [2.45, 2.75) is 85.7 Å². The van der Waals surface area contributed by atoms with E-state index in [0.717, 1.165) is 31.2 Å². The molecular weight excluding hydrogens is 520 g/mol. The molecule has 1 fully saturated rings. The lowest BCUT2D eigenvalue weighted by Gasteiger charge is -2.49. The number of ether oxygens (including phenoxy) is 1. The van der Waals surface area contributed by atoms with Gasteiger partial charge in [-0.05, 0) is 66.2 Å². The molecule has 1 aromatic rings. The molecule has 0 aliphatic heterocycles. The Balaban J connectivity index is 1.84. The number of hydrogen-bond donors (Lipinski definition) is 1. The van der Waals surface area contributed by atoms with E-state index in [4.69, 9.17) is 14.4 Å². The molecule has 1 aromatic carbocycles. The number of carbonyl (C=O) groups excluding carboxylic acids is 3. The van der Waals surface area contributed by atoms with Crippen molar-refractivity contribution in [2.24, 2.45) is 21.9 Å². The first-order valence-electron chi connectivity index (χ1n) is 14.4. The number of nitrogens with one attached hydrogen (secondary N) is 1. The fourth-order valence-corrected chi connectivity index (χ4v) is 5.56. The van der Waals surface area contributed by atoms with Crippen molar-refractivity contribution in [3.63, 3.8) is 0 Å². The second-order valence-corrected chi connectivity index (χ2v) is 12.1. The van der Waals surface area contributed by atoms with Crippen molar-refractivity contribution in [3.8, 4) is 0 Å². The van der Waals surface area contributed by atoms with Crippen molar-refractivity contribution in [2.75, 3.05) is 7.11 Å². The van der Waals surface area contributed by atoms with E-state index in [-0.39, 0.29) is 23.2 Å². The van der Waals surface area contributed by atoms with Crippen LogP contribution in [0.4, 0.5) is 0 Å². The first kappa shape index (κ1) is 31.8. The summed E-state index contributed by atoms with van der Waals surface area (Å²) < 4.78 is 4.94. The summed E-state index contributed by atoms with van der Waals surface area (Å²) in [5, 5.41) is 4.52. The Morgan fingerprint density at radius 3 is 2.56 bits per heavy atom. The number of benzene rings is 1.